The van der Waals surface area contributed by atoms with Crippen molar-refractivity contribution in [1.82, 2.24) is 31.1 Å². The van der Waals surface area contributed by atoms with Gasteiger partial charge >= 0.3 is 18.1 Å². The Kier molecular flexibility index (Phi) is 4.85. The fraction of sp³-hybridized carbons (Fsp3) is 0.727. The molecule has 2 aliphatic rings. The zero-order valence-electron chi connectivity index (χ0n) is 11.3. The lowest BCUT2D eigenvalue weighted by atomic mass is 10.5. The maximum Gasteiger partial charge on any atom is 0.317 e. The number of carbonyl (C=O) groups is 3. The Labute approximate surface area is 117 Å². The van der Waals surface area contributed by atoms with Gasteiger partial charge in [0.15, 0.2) is 0 Å². The van der Waals surface area contributed by atoms with Crippen LogP contribution in [0.15, 0.2) is 0 Å². The zero-order chi connectivity index (χ0) is 14.4. The Morgan fingerprint density at radius 2 is 1.40 bits per heavy atom. The fourth-order valence-electron chi connectivity index (χ4n) is 2.12. The molecule has 0 aromatic heterocycles. The van der Waals surface area contributed by atoms with Crippen molar-refractivity contribution in [2.75, 3.05) is 52.4 Å². The molecule has 20 heavy (non-hydrogen) atoms. The molecule has 0 unspecified atom stereocenters. The van der Waals surface area contributed by atoms with Crippen molar-refractivity contribution in [3.8, 4) is 0 Å². The first-order valence-electron chi connectivity index (χ1n) is 6.74. The molecule has 0 aliphatic carbocycles. The monoisotopic (exact) mass is 284 g/mol. The van der Waals surface area contributed by atoms with Gasteiger partial charge in [0.1, 0.15) is 0 Å². The summed E-state index contributed by atoms with van der Waals surface area (Å²) in [5.74, 6) is 0. The van der Waals surface area contributed by atoms with E-state index in [1.807, 2.05) is 0 Å². The first kappa shape index (κ1) is 14.2. The van der Waals surface area contributed by atoms with Crippen LogP contribution in [-0.2, 0) is 0 Å². The van der Waals surface area contributed by atoms with Crippen molar-refractivity contribution >= 4 is 18.1 Å². The number of nitrogens with one attached hydrogen (secondary N) is 4. The van der Waals surface area contributed by atoms with Crippen molar-refractivity contribution in [3.63, 3.8) is 0 Å². The average molecular weight is 284 g/mol. The van der Waals surface area contributed by atoms with E-state index in [2.05, 4.69) is 21.3 Å². The molecule has 0 saturated carbocycles. The highest BCUT2D eigenvalue weighted by molar-refractivity contribution is 5.77. The summed E-state index contributed by atoms with van der Waals surface area (Å²) in [4.78, 5) is 37.3. The van der Waals surface area contributed by atoms with E-state index >= 15 is 0 Å². The van der Waals surface area contributed by atoms with E-state index in [1.54, 1.807) is 9.80 Å². The van der Waals surface area contributed by atoms with Crippen molar-refractivity contribution in [2.24, 2.45) is 0 Å². The fourth-order valence-corrected chi connectivity index (χ4v) is 2.12. The van der Waals surface area contributed by atoms with Gasteiger partial charge < -0.3 is 31.1 Å². The minimum Gasteiger partial charge on any atom is -0.336 e. The highest BCUT2D eigenvalue weighted by Crippen LogP contribution is 1.95. The van der Waals surface area contributed by atoms with Gasteiger partial charge in [-0.05, 0) is 0 Å². The van der Waals surface area contributed by atoms with Gasteiger partial charge in [0, 0.05) is 52.4 Å². The van der Waals surface area contributed by atoms with E-state index in [-0.39, 0.29) is 18.1 Å². The topological polar surface area (TPSA) is 106 Å². The van der Waals surface area contributed by atoms with Crippen LogP contribution in [0.3, 0.4) is 0 Å². The van der Waals surface area contributed by atoms with Crippen LogP contribution >= 0.6 is 0 Å². The minimum atomic E-state index is -0.288. The number of carbonyl (C=O) groups excluding carboxylic acids is 3. The van der Waals surface area contributed by atoms with Crippen molar-refractivity contribution < 1.29 is 14.4 Å². The number of hydrogen-bond acceptors (Lipinski definition) is 3. The molecule has 2 saturated heterocycles. The van der Waals surface area contributed by atoms with Gasteiger partial charge in [-0.15, -0.1) is 0 Å². The molecule has 2 rings (SSSR count). The molecule has 0 aromatic rings. The van der Waals surface area contributed by atoms with Gasteiger partial charge in [0.25, 0.3) is 0 Å². The molecule has 0 aromatic carbocycles. The number of rotatable bonds is 6. The number of nitrogens with zero attached hydrogens (tertiary/aromatic N) is 2. The van der Waals surface area contributed by atoms with Crippen LogP contribution < -0.4 is 21.3 Å². The third-order valence-electron chi connectivity index (χ3n) is 3.22. The maximum absolute atomic E-state index is 11.5. The third kappa shape index (κ3) is 3.90. The Hall–Kier alpha value is -2.19. The first-order chi connectivity index (χ1) is 9.66. The normalized spacial score (nSPS) is 18.0. The average Bonchev–Trinajstić information content (AvgIpc) is 3.00. The summed E-state index contributed by atoms with van der Waals surface area (Å²) < 4.78 is 0. The molecule has 0 atom stereocenters. The highest BCUT2D eigenvalue weighted by atomic mass is 16.2. The molecule has 6 amide bonds. The van der Waals surface area contributed by atoms with Gasteiger partial charge in [-0.3, -0.25) is 0 Å². The Morgan fingerprint density at radius 3 is 1.75 bits per heavy atom. The lowest BCUT2D eigenvalue weighted by molar-refractivity contribution is 0.213. The van der Waals surface area contributed by atoms with Crippen LogP contribution in [0.25, 0.3) is 0 Å². The summed E-state index contributed by atoms with van der Waals surface area (Å²) in [5.41, 5.74) is 0. The Bertz CT molecular complexity index is 354. The van der Waals surface area contributed by atoms with Crippen LogP contribution in [0, 0.1) is 0 Å². The molecule has 4 N–H and O–H groups in total. The second kappa shape index (κ2) is 6.83. The zero-order valence-corrected chi connectivity index (χ0v) is 11.3. The maximum atomic E-state index is 11.5. The number of amides is 6. The smallest absolute Gasteiger partial charge is 0.317 e. The van der Waals surface area contributed by atoms with Crippen LogP contribution in [0.1, 0.15) is 0 Å². The van der Waals surface area contributed by atoms with Crippen molar-refractivity contribution in [2.45, 2.75) is 0 Å². The van der Waals surface area contributed by atoms with Gasteiger partial charge in [0.2, 0.25) is 0 Å². The molecule has 2 heterocycles. The van der Waals surface area contributed by atoms with Gasteiger partial charge in [-0.2, -0.15) is 0 Å². The number of hydrogen-bond donors (Lipinski definition) is 4. The molecule has 2 aliphatic heterocycles. The van der Waals surface area contributed by atoms with Crippen LogP contribution in [0.5, 0.6) is 0 Å². The molecular weight excluding hydrogens is 264 g/mol. The molecule has 112 valence electrons. The number of urea groups is 3. The SMILES string of the molecule is O=C(NCCN1CCNC1=O)NCCN1CCNC1=O. The first-order valence-corrected chi connectivity index (χ1v) is 6.74. The summed E-state index contributed by atoms with van der Waals surface area (Å²) in [6.07, 6.45) is 0. The Balaban J connectivity index is 1.52. The standard InChI is InChI=1S/C11H20N6O3/c18-9(12-1-5-16-7-3-14-10(16)19)13-2-6-17-8-4-15-11(17)20/h1-8H2,(H,14,19)(H,15,20)(H2,12,13,18). The third-order valence-corrected chi connectivity index (χ3v) is 3.22. The molecule has 0 spiro atoms. The molecule has 9 heteroatoms. The second-order valence-electron chi connectivity index (χ2n) is 4.62. The summed E-state index contributed by atoms with van der Waals surface area (Å²) in [6.45, 7) is 4.46. The molecule has 0 bridgehead atoms. The molecule has 9 nitrogen and oxygen atoms in total. The van der Waals surface area contributed by atoms with Gasteiger partial charge in [-0.1, -0.05) is 0 Å². The van der Waals surface area contributed by atoms with Crippen molar-refractivity contribution in [1.29, 1.82) is 0 Å². The largest absolute Gasteiger partial charge is 0.336 e. The molecule has 0 radical (unpaired) electrons. The van der Waals surface area contributed by atoms with Crippen molar-refractivity contribution in [3.05, 3.63) is 0 Å². The van der Waals surface area contributed by atoms with E-state index in [4.69, 9.17) is 0 Å². The summed E-state index contributed by atoms with van der Waals surface area (Å²) in [7, 11) is 0. The van der Waals surface area contributed by atoms with Gasteiger partial charge in [0.05, 0.1) is 0 Å². The van der Waals surface area contributed by atoms with E-state index in [0.717, 1.165) is 0 Å². The molecular formula is C11H20N6O3. The highest BCUT2D eigenvalue weighted by Gasteiger charge is 2.19. The van der Waals surface area contributed by atoms with E-state index in [1.165, 1.54) is 0 Å². The lowest BCUT2D eigenvalue weighted by Gasteiger charge is -2.16. The predicted octanol–water partition coefficient (Wildman–Crippen LogP) is -1.66. The summed E-state index contributed by atoms with van der Waals surface area (Å²) in [6, 6.07) is -0.469. The van der Waals surface area contributed by atoms with Gasteiger partial charge in [-0.25, -0.2) is 14.4 Å². The quantitative estimate of drug-likeness (QED) is 0.469. The lowest BCUT2D eigenvalue weighted by Crippen LogP contribution is -2.43. The van der Waals surface area contributed by atoms with E-state index < -0.39 is 0 Å². The van der Waals surface area contributed by atoms with Crippen LogP contribution in [0.4, 0.5) is 14.4 Å². The molecule has 2 fully saturated rings. The predicted molar refractivity (Wildman–Crippen MR) is 71.3 cm³/mol. The Morgan fingerprint density at radius 1 is 0.950 bits per heavy atom. The summed E-state index contributed by atoms with van der Waals surface area (Å²) >= 11 is 0. The van der Waals surface area contributed by atoms with Crippen LogP contribution in [0.2, 0.25) is 0 Å². The van der Waals surface area contributed by atoms with E-state index in [0.29, 0.717) is 52.4 Å². The summed E-state index contributed by atoms with van der Waals surface area (Å²) in [5, 5.41) is 10.7. The second-order valence-corrected chi connectivity index (χ2v) is 4.62. The van der Waals surface area contributed by atoms with Crippen LogP contribution in [-0.4, -0.2) is 80.3 Å². The minimum absolute atomic E-state index is 0.0905. The van der Waals surface area contributed by atoms with E-state index in [9.17, 15) is 14.4 Å².